The molecule has 0 amide bonds. The van der Waals surface area contributed by atoms with Crippen LogP contribution in [0.15, 0.2) is 11.5 Å². The van der Waals surface area contributed by atoms with Crippen LogP contribution in [0, 0.1) is 0 Å². The first kappa shape index (κ1) is 8.11. The van der Waals surface area contributed by atoms with Crippen LogP contribution in [0.4, 0.5) is 0 Å². The number of carbonyl (C=O) groups is 1. The summed E-state index contributed by atoms with van der Waals surface area (Å²) >= 11 is 0. The third-order valence-corrected chi connectivity index (χ3v) is 1.43. The number of carbonyl (C=O) groups excluding carboxylic acids is 1. The highest BCUT2D eigenvalue weighted by Gasteiger charge is 2.30. The first-order valence-electron chi connectivity index (χ1n) is 3.81. The number of rotatable bonds is 4. The van der Waals surface area contributed by atoms with E-state index in [4.69, 9.17) is 9.47 Å². The van der Waals surface area contributed by atoms with Crippen molar-refractivity contribution in [2.45, 2.75) is 20.3 Å². The van der Waals surface area contributed by atoms with Crippen LogP contribution in [-0.4, -0.2) is 19.0 Å². The second-order valence-electron chi connectivity index (χ2n) is 2.22. The summed E-state index contributed by atoms with van der Waals surface area (Å²) in [6.07, 6.45) is 0.406. The van der Waals surface area contributed by atoms with Crippen molar-refractivity contribution in [3.05, 3.63) is 11.5 Å². The van der Waals surface area contributed by atoms with Gasteiger partial charge in [0.05, 0.1) is 19.6 Å². The van der Waals surface area contributed by atoms with Gasteiger partial charge in [0.1, 0.15) is 5.76 Å². The number of hydrogen-bond donors (Lipinski definition) is 0. The predicted octanol–water partition coefficient (Wildman–Crippen LogP) is 1.24. The topological polar surface area (TPSA) is 35.5 Å². The van der Waals surface area contributed by atoms with Crippen molar-refractivity contribution in [1.82, 2.24) is 0 Å². The molecule has 0 aromatic heterocycles. The Balaban J connectivity index is 2.54. The summed E-state index contributed by atoms with van der Waals surface area (Å²) in [7, 11) is 0. The molecule has 0 spiro atoms. The third-order valence-electron chi connectivity index (χ3n) is 1.43. The Labute approximate surface area is 66.0 Å². The van der Waals surface area contributed by atoms with Crippen LogP contribution in [-0.2, 0) is 14.3 Å². The summed E-state index contributed by atoms with van der Waals surface area (Å²) in [6.45, 7) is 4.86. The monoisotopic (exact) mass is 156 g/mol. The maximum atomic E-state index is 10.8. The lowest BCUT2D eigenvalue weighted by atomic mass is 10.0. The van der Waals surface area contributed by atoms with Gasteiger partial charge < -0.3 is 9.47 Å². The Bertz CT molecular complexity index is 194. The van der Waals surface area contributed by atoms with Crippen molar-refractivity contribution in [3.63, 3.8) is 0 Å². The molecule has 3 nitrogen and oxygen atoms in total. The van der Waals surface area contributed by atoms with Crippen LogP contribution in [0.25, 0.3) is 0 Å². The minimum atomic E-state index is 0.0512. The minimum absolute atomic E-state index is 0.0512. The van der Waals surface area contributed by atoms with Gasteiger partial charge in [0.25, 0.3) is 0 Å². The van der Waals surface area contributed by atoms with Crippen LogP contribution in [0.3, 0.4) is 0 Å². The molecule has 0 heterocycles. The third kappa shape index (κ3) is 1.53. The zero-order valence-corrected chi connectivity index (χ0v) is 6.85. The van der Waals surface area contributed by atoms with Crippen molar-refractivity contribution >= 4 is 5.78 Å². The highest BCUT2D eigenvalue weighted by Crippen LogP contribution is 2.25. The quantitative estimate of drug-likeness (QED) is 0.614. The molecular weight excluding hydrogens is 144 g/mol. The molecule has 0 fully saturated rings. The maximum absolute atomic E-state index is 10.8. The van der Waals surface area contributed by atoms with E-state index in [1.54, 1.807) is 0 Å². The molecule has 1 rings (SSSR count). The van der Waals surface area contributed by atoms with Crippen molar-refractivity contribution < 1.29 is 14.3 Å². The van der Waals surface area contributed by atoms with Crippen molar-refractivity contribution in [3.8, 4) is 0 Å². The number of ketones is 1. The Morgan fingerprint density at radius 3 is 2.36 bits per heavy atom. The summed E-state index contributed by atoms with van der Waals surface area (Å²) in [4.78, 5) is 10.8. The number of hydrogen-bond acceptors (Lipinski definition) is 3. The second-order valence-corrected chi connectivity index (χ2v) is 2.22. The van der Waals surface area contributed by atoms with Crippen LogP contribution in [0.1, 0.15) is 20.3 Å². The average Bonchev–Trinajstić information content (AvgIpc) is 2.00. The summed E-state index contributed by atoms with van der Waals surface area (Å²) in [5.41, 5.74) is 0. The molecule has 0 atom stereocenters. The lowest BCUT2D eigenvalue weighted by Gasteiger charge is -2.21. The lowest BCUT2D eigenvalue weighted by Crippen LogP contribution is -2.22. The van der Waals surface area contributed by atoms with Crippen molar-refractivity contribution in [1.29, 1.82) is 0 Å². The molecule has 0 saturated carbocycles. The van der Waals surface area contributed by atoms with E-state index < -0.39 is 0 Å². The largest absolute Gasteiger partial charge is 0.494 e. The van der Waals surface area contributed by atoms with Gasteiger partial charge in [0, 0.05) is 0 Å². The van der Waals surface area contributed by atoms with Gasteiger partial charge in [0.2, 0.25) is 11.5 Å². The Morgan fingerprint density at radius 2 is 1.91 bits per heavy atom. The van der Waals surface area contributed by atoms with Gasteiger partial charge in [-0.3, -0.25) is 4.79 Å². The van der Waals surface area contributed by atoms with E-state index in [2.05, 4.69) is 0 Å². The molecule has 3 heteroatoms. The summed E-state index contributed by atoms with van der Waals surface area (Å²) in [5.74, 6) is 1.18. The van der Waals surface area contributed by atoms with Gasteiger partial charge in [0.15, 0.2) is 0 Å². The first-order valence-corrected chi connectivity index (χ1v) is 3.81. The van der Waals surface area contributed by atoms with E-state index in [-0.39, 0.29) is 5.78 Å². The Kier molecular flexibility index (Phi) is 2.52. The fraction of sp³-hybridized carbons (Fsp3) is 0.625. The molecule has 0 saturated heterocycles. The average molecular weight is 156 g/mol. The Morgan fingerprint density at radius 1 is 1.27 bits per heavy atom. The molecule has 0 radical (unpaired) electrons. The van der Waals surface area contributed by atoms with E-state index in [1.165, 1.54) is 0 Å². The molecule has 0 aromatic carbocycles. The van der Waals surface area contributed by atoms with Gasteiger partial charge in [-0.25, -0.2) is 0 Å². The van der Waals surface area contributed by atoms with Crippen LogP contribution in [0.2, 0.25) is 0 Å². The van der Waals surface area contributed by atoms with Gasteiger partial charge >= 0.3 is 0 Å². The lowest BCUT2D eigenvalue weighted by molar-refractivity contribution is -0.122. The van der Waals surface area contributed by atoms with E-state index in [0.717, 1.165) is 0 Å². The highest BCUT2D eigenvalue weighted by molar-refractivity contribution is 6.01. The SMILES string of the molecule is CCOC1=C(OCC)C(=O)C1. The molecule has 1 aliphatic carbocycles. The molecule has 62 valence electrons. The fourth-order valence-electron chi connectivity index (χ4n) is 0.951. The predicted molar refractivity (Wildman–Crippen MR) is 39.9 cm³/mol. The van der Waals surface area contributed by atoms with Gasteiger partial charge in [-0.05, 0) is 13.8 Å². The van der Waals surface area contributed by atoms with Crippen LogP contribution in [0.5, 0.6) is 0 Å². The smallest absolute Gasteiger partial charge is 0.208 e. The van der Waals surface area contributed by atoms with E-state index in [9.17, 15) is 4.79 Å². The molecule has 0 unspecified atom stereocenters. The van der Waals surface area contributed by atoms with Crippen LogP contribution >= 0.6 is 0 Å². The molecular formula is C8H12O3. The first-order chi connectivity index (χ1) is 5.29. The molecule has 11 heavy (non-hydrogen) atoms. The fourth-order valence-corrected chi connectivity index (χ4v) is 0.951. The zero-order valence-electron chi connectivity index (χ0n) is 6.85. The normalized spacial score (nSPS) is 16.4. The summed E-state index contributed by atoms with van der Waals surface area (Å²) < 4.78 is 10.2. The zero-order chi connectivity index (χ0) is 8.27. The summed E-state index contributed by atoms with van der Waals surface area (Å²) in [6, 6.07) is 0. The standard InChI is InChI=1S/C8H12O3/c1-3-10-7-5-6(9)8(7)11-4-2/h3-5H2,1-2H3. The second kappa shape index (κ2) is 3.42. The molecule has 0 aliphatic heterocycles. The van der Waals surface area contributed by atoms with Crippen molar-refractivity contribution in [2.75, 3.05) is 13.2 Å². The highest BCUT2D eigenvalue weighted by atomic mass is 16.5. The van der Waals surface area contributed by atoms with Gasteiger partial charge in [-0.2, -0.15) is 0 Å². The van der Waals surface area contributed by atoms with Gasteiger partial charge in [-0.15, -0.1) is 0 Å². The Hall–Kier alpha value is -0.990. The molecule has 1 aliphatic rings. The minimum Gasteiger partial charge on any atom is -0.494 e. The number of ether oxygens (including phenoxy) is 2. The van der Waals surface area contributed by atoms with E-state index in [0.29, 0.717) is 31.2 Å². The molecule has 0 aromatic rings. The molecule has 0 bridgehead atoms. The van der Waals surface area contributed by atoms with Crippen LogP contribution < -0.4 is 0 Å². The summed E-state index contributed by atoms with van der Waals surface area (Å²) in [5, 5.41) is 0. The number of allylic oxidation sites excluding steroid dienone is 2. The maximum Gasteiger partial charge on any atom is 0.208 e. The molecule has 0 N–H and O–H groups in total. The number of Topliss-reactive ketones (excluding diaryl/α,β-unsaturated/α-hetero) is 1. The van der Waals surface area contributed by atoms with E-state index in [1.807, 2.05) is 13.8 Å². The van der Waals surface area contributed by atoms with Crippen molar-refractivity contribution in [2.24, 2.45) is 0 Å². The van der Waals surface area contributed by atoms with E-state index >= 15 is 0 Å². The van der Waals surface area contributed by atoms with Gasteiger partial charge in [-0.1, -0.05) is 0 Å².